The second-order valence-corrected chi connectivity index (χ2v) is 6.64. The van der Waals surface area contributed by atoms with Crippen LogP contribution in [0.15, 0.2) is 23.3 Å². The van der Waals surface area contributed by atoms with Gasteiger partial charge < -0.3 is 4.98 Å². The van der Waals surface area contributed by atoms with E-state index in [2.05, 4.69) is 38.0 Å². The van der Waals surface area contributed by atoms with E-state index in [1.165, 1.54) is 11.6 Å². The first-order valence-corrected chi connectivity index (χ1v) is 8.53. The lowest BCUT2D eigenvalue weighted by Gasteiger charge is -2.27. The molecule has 0 aromatic carbocycles. The molecule has 0 amide bonds. The molecule has 7 nitrogen and oxygen atoms in total. The fourth-order valence-electron chi connectivity index (χ4n) is 3.32. The summed E-state index contributed by atoms with van der Waals surface area (Å²) in [6.07, 6.45) is 5.13. The highest BCUT2D eigenvalue weighted by atomic mass is 16.1. The molecule has 2 aromatic heterocycles. The maximum Gasteiger partial charge on any atom is 0.251 e. The number of H-pyrrole nitrogens is 1. The van der Waals surface area contributed by atoms with Gasteiger partial charge in [-0.3, -0.25) is 19.3 Å². The lowest BCUT2D eigenvalue weighted by molar-refractivity contribution is 0.202. The zero-order valence-corrected chi connectivity index (χ0v) is 14.7. The summed E-state index contributed by atoms with van der Waals surface area (Å²) in [6, 6.07) is 1.66. The van der Waals surface area contributed by atoms with E-state index >= 15 is 0 Å². The Hall–Kier alpha value is -1.99. The highest BCUT2D eigenvalue weighted by Gasteiger charge is 2.22. The van der Waals surface area contributed by atoms with Gasteiger partial charge in [0, 0.05) is 56.7 Å². The summed E-state index contributed by atoms with van der Waals surface area (Å²) in [5.74, 6) is 0.765. The van der Waals surface area contributed by atoms with E-state index < -0.39 is 0 Å². The van der Waals surface area contributed by atoms with Gasteiger partial charge in [0.25, 0.3) is 5.56 Å². The average Bonchev–Trinajstić information content (AvgIpc) is 2.79. The van der Waals surface area contributed by atoms with E-state index in [4.69, 9.17) is 0 Å². The summed E-state index contributed by atoms with van der Waals surface area (Å²) < 4.78 is 1.85. The average molecular weight is 330 g/mol. The van der Waals surface area contributed by atoms with Crippen LogP contribution in [0.3, 0.4) is 0 Å². The van der Waals surface area contributed by atoms with Crippen molar-refractivity contribution in [2.24, 2.45) is 7.05 Å². The molecule has 24 heavy (non-hydrogen) atoms. The van der Waals surface area contributed by atoms with E-state index in [9.17, 15) is 4.79 Å². The number of aromatic nitrogens is 4. The van der Waals surface area contributed by atoms with Crippen LogP contribution in [0.5, 0.6) is 0 Å². The first-order valence-electron chi connectivity index (χ1n) is 8.53. The van der Waals surface area contributed by atoms with Gasteiger partial charge in [0.1, 0.15) is 5.82 Å². The minimum atomic E-state index is -0.0719. The van der Waals surface area contributed by atoms with Crippen LogP contribution in [-0.4, -0.2) is 55.7 Å². The number of nitrogens with one attached hydrogen (secondary N) is 1. The molecule has 2 aromatic rings. The summed E-state index contributed by atoms with van der Waals surface area (Å²) in [5.41, 5.74) is 1.95. The van der Waals surface area contributed by atoms with Crippen LogP contribution in [0.4, 0.5) is 0 Å². The molecular formula is C17H26N6O. The first-order chi connectivity index (χ1) is 11.5. The summed E-state index contributed by atoms with van der Waals surface area (Å²) in [4.78, 5) is 24.0. The van der Waals surface area contributed by atoms with Crippen LogP contribution >= 0.6 is 0 Å². The van der Waals surface area contributed by atoms with Gasteiger partial charge in [-0.15, -0.1) is 0 Å². The number of hydrogen-bond donors (Lipinski definition) is 1. The minimum Gasteiger partial charge on any atom is -0.309 e. The molecule has 130 valence electrons. The van der Waals surface area contributed by atoms with Crippen molar-refractivity contribution in [1.82, 2.24) is 29.5 Å². The van der Waals surface area contributed by atoms with E-state index in [0.717, 1.165) is 50.7 Å². The van der Waals surface area contributed by atoms with Gasteiger partial charge in [0.15, 0.2) is 0 Å². The van der Waals surface area contributed by atoms with Crippen molar-refractivity contribution < 1.29 is 0 Å². The number of aromatic amines is 1. The predicted octanol–water partition coefficient (Wildman–Crippen LogP) is 1.08. The van der Waals surface area contributed by atoms with E-state index in [-0.39, 0.29) is 11.6 Å². The minimum absolute atomic E-state index is 0.0719. The zero-order chi connectivity index (χ0) is 17.1. The normalized spacial score (nSPS) is 18.5. The highest BCUT2D eigenvalue weighted by Crippen LogP contribution is 2.18. The Balaban J connectivity index is 1.63. The molecule has 1 atom stereocenters. The number of nitrogens with zero attached hydrogens (tertiary/aromatic N) is 5. The van der Waals surface area contributed by atoms with Crippen molar-refractivity contribution in [2.75, 3.05) is 26.2 Å². The van der Waals surface area contributed by atoms with Crippen molar-refractivity contribution in [3.05, 3.63) is 45.9 Å². The quantitative estimate of drug-likeness (QED) is 0.908. The zero-order valence-electron chi connectivity index (χ0n) is 14.7. The maximum absolute atomic E-state index is 11.7. The molecule has 1 fully saturated rings. The Morgan fingerprint density at radius 3 is 2.83 bits per heavy atom. The largest absolute Gasteiger partial charge is 0.309 e. The summed E-state index contributed by atoms with van der Waals surface area (Å²) in [6.45, 7) is 9.00. The van der Waals surface area contributed by atoms with Gasteiger partial charge in [0.05, 0.1) is 12.2 Å². The summed E-state index contributed by atoms with van der Waals surface area (Å²) >= 11 is 0. The predicted molar refractivity (Wildman–Crippen MR) is 92.7 cm³/mol. The lowest BCUT2D eigenvalue weighted by atomic mass is 10.2. The van der Waals surface area contributed by atoms with Crippen LogP contribution in [0, 0.1) is 6.92 Å². The Bertz CT molecular complexity index is 737. The summed E-state index contributed by atoms with van der Waals surface area (Å²) in [5, 5.41) is 4.24. The van der Waals surface area contributed by atoms with Gasteiger partial charge in [-0.05, 0) is 26.8 Å². The maximum atomic E-state index is 11.7. The number of rotatable bonds is 4. The Morgan fingerprint density at radius 1 is 1.29 bits per heavy atom. The van der Waals surface area contributed by atoms with Crippen molar-refractivity contribution in [1.29, 1.82) is 0 Å². The van der Waals surface area contributed by atoms with Gasteiger partial charge in [-0.2, -0.15) is 5.10 Å². The Labute approximate surface area is 142 Å². The van der Waals surface area contributed by atoms with Gasteiger partial charge in [-0.1, -0.05) is 0 Å². The molecular weight excluding hydrogens is 304 g/mol. The molecule has 0 spiro atoms. The fourth-order valence-corrected chi connectivity index (χ4v) is 3.32. The molecule has 0 saturated carbocycles. The monoisotopic (exact) mass is 330 g/mol. The second-order valence-electron chi connectivity index (χ2n) is 6.64. The fraction of sp³-hybridized carbons (Fsp3) is 0.588. The van der Waals surface area contributed by atoms with Crippen molar-refractivity contribution in [3.63, 3.8) is 0 Å². The standard InChI is InChI=1S/C17H26N6O/c1-13-9-16(24)20-17(19-13)14(2)23-6-4-5-22(7-8-23)12-15-10-18-21(3)11-15/h9-11,14H,4-8,12H2,1-3H3,(H,19,20,24)/t14-/m1/s1. The Morgan fingerprint density at radius 2 is 2.12 bits per heavy atom. The lowest BCUT2D eigenvalue weighted by Crippen LogP contribution is -2.33. The molecule has 7 heteroatoms. The van der Waals surface area contributed by atoms with E-state index in [1.54, 1.807) is 0 Å². The van der Waals surface area contributed by atoms with Crippen LogP contribution in [0.25, 0.3) is 0 Å². The van der Waals surface area contributed by atoms with Crippen LogP contribution in [-0.2, 0) is 13.6 Å². The van der Waals surface area contributed by atoms with E-state index in [1.807, 2.05) is 24.9 Å². The third-order valence-electron chi connectivity index (χ3n) is 4.62. The molecule has 0 unspecified atom stereocenters. The third-order valence-corrected chi connectivity index (χ3v) is 4.62. The molecule has 0 aliphatic carbocycles. The molecule has 1 saturated heterocycles. The highest BCUT2D eigenvalue weighted by molar-refractivity contribution is 5.05. The molecule has 1 N–H and O–H groups in total. The van der Waals surface area contributed by atoms with Crippen LogP contribution < -0.4 is 5.56 Å². The topological polar surface area (TPSA) is 70.1 Å². The van der Waals surface area contributed by atoms with Crippen molar-refractivity contribution in [3.8, 4) is 0 Å². The van der Waals surface area contributed by atoms with Crippen molar-refractivity contribution >= 4 is 0 Å². The molecule has 0 radical (unpaired) electrons. The number of hydrogen-bond acceptors (Lipinski definition) is 5. The third kappa shape index (κ3) is 4.10. The van der Waals surface area contributed by atoms with Gasteiger partial charge in [-0.25, -0.2) is 4.98 Å². The smallest absolute Gasteiger partial charge is 0.251 e. The Kier molecular flexibility index (Phi) is 5.11. The molecule has 0 bridgehead atoms. The molecule has 3 heterocycles. The van der Waals surface area contributed by atoms with Gasteiger partial charge in [0.2, 0.25) is 0 Å². The molecule has 3 rings (SSSR count). The summed E-state index contributed by atoms with van der Waals surface area (Å²) in [7, 11) is 1.95. The van der Waals surface area contributed by atoms with E-state index in [0.29, 0.717) is 0 Å². The van der Waals surface area contributed by atoms with Gasteiger partial charge >= 0.3 is 0 Å². The first kappa shape index (κ1) is 16.9. The number of aryl methyl sites for hydroxylation is 2. The second kappa shape index (κ2) is 7.27. The molecule has 1 aliphatic heterocycles. The molecule has 1 aliphatic rings. The SMILES string of the molecule is Cc1cc(=O)[nH]c([C@@H](C)N2CCCN(Cc3cnn(C)c3)CC2)n1. The van der Waals surface area contributed by atoms with Crippen LogP contribution in [0.1, 0.15) is 36.5 Å². The van der Waals surface area contributed by atoms with Crippen LogP contribution in [0.2, 0.25) is 0 Å². The van der Waals surface area contributed by atoms with Crippen molar-refractivity contribution in [2.45, 2.75) is 32.9 Å².